The van der Waals surface area contributed by atoms with Gasteiger partial charge in [-0.25, -0.2) is 4.79 Å². The van der Waals surface area contributed by atoms with Crippen LogP contribution in [0.15, 0.2) is 42.5 Å². The van der Waals surface area contributed by atoms with E-state index in [1.54, 1.807) is 6.07 Å². The first-order chi connectivity index (χ1) is 14.8. The molecule has 2 aromatic carbocycles. The summed E-state index contributed by atoms with van der Waals surface area (Å²) in [5.74, 6) is 0.240. The molecule has 0 saturated carbocycles. The van der Waals surface area contributed by atoms with E-state index in [4.69, 9.17) is 16.9 Å². The van der Waals surface area contributed by atoms with Gasteiger partial charge < -0.3 is 9.80 Å². The molecule has 2 aromatic rings. The van der Waals surface area contributed by atoms with E-state index in [2.05, 4.69) is 4.90 Å². The van der Waals surface area contributed by atoms with Crippen LogP contribution in [0.1, 0.15) is 17.5 Å². The molecule has 2 bridgehead atoms. The molecule has 3 aliphatic rings. The van der Waals surface area contributed by atoms with Crippen LogP contribution in [-0.4, -0.2) is 42.6 Å². The second kappa shape index (κ2) is 7.06. The van der Waals surface area contributed by atoms with Gasteiger partial charge in [-0.2, -0.15) is 18.4 Å². The molecule has 0 unspecified atom stereocenters. The van der Waals surface area contributed by atoms with Crippen molar-refractivity contribution < 1.29 is 18.0 Å². The Morgan fingerprint density at radius 1 is 1.03 bits per heavy atom. The third-order valence-corrected chi connectivity index (χ3v) is 6.76. The number of nitrogens with zero attached hydrogens (tertiary/aromatic N) is 4. The first kappa shape index (κ1) is 20.0. The van der Waals surface area contributed by atoms with Gasteiger partial charge in [-0.05, 0) is 48.9 Å². The minimum absolute atomic E-state index is 0.0115. The highest BCUT2D eigenvalue weighted by molar-refractivity contribution is 6.30. The first-order valence-corrected chi connectivity index (χ1v) is 10.4. The van der Waals surface area contributed by atoms with Crippen molar-refractivity contribution in [3.8, 4) is 6.07 Å². The third-order valence-electron chi connectivity index (χ3n) is 6.51. The number of carbonyl (C=O) groups excluding carboxylic acids is 1. The summed E-state index contributed by atoms with van der Waals surface area (Å²) in [6.45, 7) is 1.80. The molecule has 2 amide bonds. The molecule has 31 heavy (non-hydrogen) atoms. The van der Waals surface area contributed by atoms with Crippen LogP contribution in [0.2, 0.25) is 5.02 Å². The van der Waals surface area contributed by atoms with Crippen LogP contribution in [0.25, 0.3) is 0 Å². The number of rotatable bonds is 2. The number of hydrogen-bond donors (Lipinski definition) is 0. The summed E-state index contributed by atoms with van der Waals surface area (Å²) in [6.07, 6.45) is -3.76. The lowest BCUT2D eigenvalue weighted by molar-refractivity contribution is -0.137. The maximum Gasteiger partial charge on any atom is 0.417 e. The fourth-order valence-electron chi connectivity index (χ4n) is 5.14. The summed E-state index contributed by atoms with van der Waals surface area (Å²) < 4.78 is 40.1. The van der Waals surface area contributed by atoms with Crippen LogP contribution in [0.3, 0.4) is 0 Å². The van der Waals surface area contributed by atoms with Gasteiger partial charge in [0.1, 0.15) is 0 Å². The molecule has 160 valence electrons. The molecule has 3 atom stereocenters. The van der Waals surface area contributed by atoms with Gasteiger partial charge >= 0.3 is 12.2 Å². The number of anilines is 2. The number of hydrogen-bond acceptors (Lipinski definition) is 3. The molecule has 3 aliphatic heterocycles. The zero-order valence-corrected chi connectivity index (χ0v) is 17.1. The van der Waals surface area contributed by atoms with Crippen LogP contribution in [-0.2, 0) is 6.18 Å². The van der Waals surface area contributed by atoms with E-state index < -0.39 is 17.3 Å². The minimum atomic E-state index is -4.66. The van der Waals surface area contributed by atoms with Crippen LogP contribution in [0.4, 0.5) is 29.3 Å². The number of fused-ring (bicyclic) bond motifs is 5. The largest absolute Gasteiger partial charge is 0.417 e. The Morgan fingerprint density at radius 2 is 1.74 bits per heavy atom. The number of carbonyl (C=O) groups is 1. The Morgan fingerprint density at radius 3 is 2.42 bits per heavy atom. The molecule has 0 radical (unpaired) electrons. The number of piperidine rings is 1. The Bertz CT molecular complexity index is 1080. The zero-order valence-electron chi connectivity index (χ0n) is 16.3. The van der Waals surface area contributed by atoms with Crippen molar-refractivity contribution in [2.24, 2.45) is 5.92 Å². The summed E-state index contributed by atoms with van der Waals surface area (Å²) in [4.78, 5) is 18.7. The molecule has 3 fully saturated rings. The highest BCUT2D eigenvalue weighted by Gasteiger charge is 2.54. The van der Waals surface area contributed by atoms with Crippen molar-refractivity contribution in [2.75, 3.05) is 29.4 Å². The smallest absolute Gasteiger partial charge is 0.369 e. The maximum absolute atomic E-state index is 13.4. The molecule has 5 rings (SSSR count). The molecule has 0 spiro atoms. The fourth-order valence-corrected chi connectivity index (χ4v) is 5.27. The van der Waals surface area contributed by atoms with E-state index in [0.717, 1.165) is 30.8 Å². The first-order valence-electron chi connectivity index (χ1n) is 9.98. The molecule has 9 heteroatoms. The number of benzene rings is 2. The summed E-state index contributed by atoms with van der Waals surface area (Å²) >= 11 is 5.98. The lowest BCUT2D eigenvalue weighted by Crippen LogP contribution is -2.45. The van der Waals surface area contributed by atoms with E-state index >= 15 is 0 Å². The predicted octanol–water partition coefficient (Wildman–Crippen LogP) is 4.75. The molecule has 0 aromatic heterocycles. The number of nitriles is 1. The molecular weight excluding hydrogens is 429 g/mol. The quantitative estimate of drug-likeness (QED) is 0.669. The van der Waals surface area contributed by atoms with E-state index in [9.17, 15) is 18.0 Å². The Labute approximate surface area is 182 Å². The van der Waals surface area contributed by atoms with E-state index in [1.165, 1.54) is 11.0 Å². The molecule has 0 aliphatic carbocycles. The van der Waals surface area contributed by atoms with Gasteiger partial charge in [0, 0.05) is 41.9 Å². The minimum Gasteiger partial charge on any atom is -0.369 e. The van der Waals surface area contributed by atoms with Gasteiger partial charge in [0.25, 0.3) is 0 Å². The third kappa shape index (κ3) is 3.28. The standard InChI is InChI=1S/C22H18ClF3N4O/c23-15-2-5-16(6-3-15)28-10-14-7-18(11-28)30-20(14)12-29(21(30)31)17-4-1-13(9-27)19(8-17)22(24,25)26/h1-6,8,14,18,20H,7,10-12H2/t14-,18+,20-/m0/s1. The van der Waals surface area contributed by atoms with Crippen molar-refractivity contribution in [1.29, 1.82) is 5.26 Å². The van der Waals surface area contributed by atoms with Crippen LogP contribution in [0, 0.1) is 17.2 Å². The number of urea groups is 1. The summed E-state index contributed by atoms with van der Waals surface area (Å²) in [5.41, 5.74) is -0.231. The normalized spacial score (nSPS) is 25.1. The Balaban J connectivity index is 1.40. The van der Waals surface area contributed by atoms with Crippen LogP contribution < -0.4 is 9.80 Å². The van der Waals surface area contributed by atoms with Gasteiger partial charge in [0.05, 0.1) is 29.3 Å². The predicted molar refractivity (Wildman–Crippen MR) is 110 cm³/mol. The second-order valence-corrected chi connectivity index (χ2v) is 8.67. The lowest BCUT2D eigenvalue weighted by Gasteiger charge is -2.35. The summed E-state index contributed by atoms with van der Waals surface area (Å²) in [7, 11) is 0. The molecular formula is C22H18ClF3N4O. The van der Waals surface area contributed by atoms with Crippen LogP contribution in [0.5, 0.6) is 0 Å². The molecule has 3 saturated heterocycles. The molecule has 0 N–H and O–H groups in total. The number of alkyl halides is 3. The fraction of sp³-hybridized carbons (Fsp3) is 0.364. The van der Waals surface area contributed by atoms with E-state index in [0.29, 0.717) is 18.1 Å². The van der Waals surface area contributed by atoms with Crippen molar-refractivity contribution in [3.63, 3.8) is 0 Å². The average Bonchev–Trinajstić information content (AvgIpc) is 3.21. The average molecular weight is 447 g/mol. The molecule has 3 heterocycles. The number of halogens is 4. The maximum atomic E-state index is 13.4. The summed E-state index contributed by atoms with van der Waals surface area (Å²) in [6, 6.07) is 12.3. The molecule has 5 nitrogen and oxygen atoms in total. The summed E-state index contributed by atoms with van der Waals surface area (Å²) in [5, 5.41) is 9.68. The Kier molecular flexibility index (Phi) is 4.56. The van der Waals surface area contributed by atoms with Crippen molar-refractivity contribution in [3.05, 3.63) is 58.6 Å². The van der Waals surface area contributed by atoms with Gasteiger partial charge in [0.2, 0.25) is 0 Å². The second-order valence-electron chi connectivity index (χ2n) is 8.24. The highest BCUT2D eigenvalue weighted by Crippen LogP contribution is 2.43. The SMILES string of the molecule is N#Cc1ccc(N2C[C@H]3[C@H]4C[C@H](CN(c5ccc(Cl)cc5)C4)N3C2=O)cc1C(F)(F)F. The van der Waals surface area contributed by atoms with Crippen molar-refractivity contribution in [1.82, 2.24) is 4.90 Å². The number of amides is 2. The van der Waals surface area contributed by atoms with E-state index in [-0.39, 0.29) is 29.7 Å². The van der Waals surface area contributed by atoms with Gasteiger partial charge in [-0.15, -0.1) is 0 Å². The van der Waals surface area contributed by atoms with Crippen molar-refractivity contribution in [2.45, 2.75) is 24.7 Å². The van der Waals surface area contributed by atoms with Crippen molar-refractivity contribution >= 4 is 29.0 Å². The highest BCUT2D eigenvalue weighted by atomic mass is 35.5. The van der Waals surface area contributed by atoms with Gasteiger partial charge in [-0.1, -0.05) is 11.6 Å². The monoisotopic (exact) mass is 446 g/mol. The lowest BCUT2D eigenvalue weighted by atomic mass is 9.94. The Hall–Kier alpha value is -2.92. The van der Waals surface area contributed by atoms with E-state index in [1.807, 2.05) is 29.2 Å². The van der Waals surface area contributed by atoms with Gasteiger partial charge in [-0.3, -0.25) is 4.90 Å². The van der Waals surface area contributed by atoms with Crippen LogP contribution >= 0.6 is 11.6 Å². The topological polar surface area (TPSA) is 50.6 Å². The van der Waals surface area contributed by atoms with Gasteiger partial charge in [0.15, 0.2) is 0 Å². The zero-order chi connectivity index (χ0) is 21.9.